The molecular weight excluding hydrogens is 254 g/mol. The van der Waals surface area contributed by atoms with Gasteiger partial charge in [-0.15, -0.1) is 0 Å². The van der Waals surface area contributed by atoms with Gasteiger partial charge in [-0.2, -0.15) is 0 Å². The molecule has 0 unspecified atom stereocenters. The fourth-order valence-electron chi connectivity index (χ4n) is 1.65. The summed E-state index contributed by atoms with van der Waals surface area (Å²) in [5.41, 5.74) is 1.49. The molecular formula is C12H19NO4S. The van der Waals surface area contributed by atoms with Crippen molar-refractivity contribution in [3.63, 3.8) is 0 Å². The topological polar surface area (TPSA) is 78.6 Å². The van der Waals surface area contributed by atoms with Gasteiger partial charge in [0.25, 0.3) is 0 Å². The van der Waals surface area contributed by atoms with Gasteiger partial charge in [0.2, 0.25) is 10.0 Å². The standard InChI is InChI=1S/C12H19NO4S/c1-4-16-5-6-17-12-9(2)7-11(8-10(12)3)18(13,14)15/h7-8H,4-6H2,1-3H3,(H2,13,14,15). The number of sulfonamides is 1. The molecule has 0 atom stereocenters. The van der Waals surface area contributed by atoms with E-state index >= 15 is 0 Å². The third-order valence-corrected chi connectivity index (χ3v) is 3.33. The lowest BCUT2D eigenvalue weighted by Crippen LogP contribution is -2.13. The van der Waals surface area contributed by atoms with Crippen molar-refractivity contribution in [1.29, 1.82) is 0 Å². The van der Waals surface area contributed by atoms with Crippen LogP contribution in [0.2, 0.25) is 0 Å². The summed E-state index contributed by atoms with van der Waals surface area (Å²) in [7, 11) is -3.67. The molecule has 0 fully saturated rings. The van der Waals surface area contributed by atoms with Gasteiger partial charge in [0, 0.05) is 6.61 Å². The maximum absolute atomic E-state index is 11.3. The first-order valence-electron chi connectivity index (χ1n) is 5.71. The van der Waals surface area contributed by atoms with Crippen LogP contribution in [0.3, 0.4) is 0 Å². The summed E-state index contributed by atoms with van der Waals surface area (Å²) < 4.78 is 33.3. The van der Waals surface area contributed by atoms with Gasteiger partial charge in [0.1, 0.15) is 12.4 Å². The van der Waals surface area contributed by atoms with Crippen molar-refractivity contribution >= 4 is 10.0 Å². The zero-order valence-electron chi connectivity index (χ0n) is 10.9. The van der Waals surface area contributed by atoms with Gasteiger partial charge in [-0.05, 0) is 44.0 Å². The lowest BCUT2D eigenvalue weighted by Gasteiger charge is -2.13. The molecule has 1 aromatic carbocycles. The lowest BCUT2D eigenvalue weighted by molar-refractivity contribution is 0.109. The van der Waals surface area contributed by atoms with Crippen molar-refractivity contribution in [3.05, 3.63) is 23.3 Å². The van der Waals surface area contributed by atoms with Crippen LogP contribution in [0.4, 0.5) is 0 Å². The quantitative estimate of drug-likeness (QED) is 0.794. The van der Waals surface area contributed by atoms with Crippen LogP contribution in [0.25, 0.3) is 0 Å². The average molecular weight is 273 g/mol. The normalized spacial score (nSPS) is 11.6. The molecule has 0 heterocycles. The molecule has 18 heavy (non-hydrogen) atoms. The van der Waals surface area contributed by atoms with E-state index in [1.807, 2.05) is 6.92 Å². The van der Waals surface area contributed by atoms with Gasteiger partial charge in [-0.1, -0.05) is 0 Å². The first-order chi connectivity index (χ1) is 8.36. The van der Waals surface area contributed by atoms with E-state index in [1.54, 1.807) is 13.8 Å². The second-order valence-corrected chi connectivity index (χ2v) is 5.54. The summed E-state index contributed by atoms with van der Waals surface area (Å²) in [5.74, 6) is 0.683. The summed E-state index contributed by atoms with van der Waals surface area (Å²) in [6.07, 6.45) is 0. The third-order valence-electron chi connectivity index (χ3n) is 2.44. The highest BCUT2D eigenvalue weighted by atomic mass is 32.2. The first-order valence-corrected chi connectivity index (χ1v) is 7.25. The molecule has 0 amide bonds. The molecule has 0 saturated heterocycles. The molecule has 6 heteroatoms. The van der Waals surface area contributed by atoms with Gasteiger partial charge in [0.05, 0.1) is 11.5 Å². The minimum Gasteiger partial charge on any atom is -0.491 e. The Balaban J connectivity index is 2.88. The second-order valence-electron chi connectivity index (χ2n) is 3.98. The molecule has 1 aromatic rings. The molecule has 0 aliphatic heterocycles. The molecule has 0 aliphatic carbocycles. The maximum Gasteiger partial charge on any atom is 0.238 e. The molecule has 1 rings (SSSR count). The Bertz CT molecular complexity index is 488. The molecule has 0 aromatic heterocycles. The summed E-state index contributed by atoms with van der Waals surface area (Å²) >= 11 is 0. The van der Waals surface area contributed by atoms with Crippen molar-refractivity contribution in [2.75, 3.05) is 19.8 Å². The first kappa shape index (κ1) is 14.9. The smallest absolute Gasteiger partial charge is 0.238 e. The van der Waals surface area contributed by atoms with Crippen LogP contribution in [0.1, 0.15) is 18.1 Å². The summed E-state index contributed by atoms with van der Waals surface area (Å²) in [5, 5.41) is 5.10. The van der Waals surface area contributed by atoms with Crippen molar-refractivity contribution in [3.8, 4) is 5.75 Å². The van der Waals surface area contributed by atoms with E-state index in [9.17, 15) is 8.42 Å². The minimum absolute atomic E-state index is 0.106. The van der Waals surface area contributed by atoms with E-state index in [0.29, 0.717) is 25.6 Å². The Morgan fingerprint density at radius 1 is 1.17 bits per heavy atom. The van der Waals surface area contributed by atoms with Gasteiger partial charge in [0.15, 0.2) is 0 Å². The summed E-state index contributed by atoms with van der Waals surface area (Å²) in [4.78, 5) is 0.106. The van der Waals surface area contributed by atoms with E-state index in [2.05, 4.69) is 0 Å². The number of hydrogen-bond acceptors (Lipinski definition) is 4. The second kappa shape index (κ2) is 6.17. The number of benzene rings is 1. The molecule has 0 bridgehead atoms. The fourth-order valence-corrected chi connectivity index (χ4v) is 2.33. The Hall–Kier alpha value is -1.11. The van der Waals surface area contributed by atoms with Crippen LogP contribution < -0.4 is 9.88 Å². The number of aryl methyl sites for hydroxylation is 2. The average Bonchev–Trinajstić information content (AvgIpc) is 2.25. The van der Waals surface area contributed by atoms with Crippen LogP contribution in [0.5, 0.6) is 5.75 Å². The highest BCUT2D eigenvalue weighted by molar-refractivity contribution is 7.89. The molecule has 0 spiro atoms. The highest BCUT2D eigenvalue weighted by Crippen LogP contribution is 2.26. The molecule has 0 saturated carbocycles. The largest absolute Gasteiger partial charge is 0.491 e. The van der Waals surface area contributed by atoms with E-state index < -0.39 is 10.0 Å². The molecule has 2 N–H and O–H groups in total. The summed E-state index contributed by atoms with van der Waals surface area (Å²) in [6, 6.07) is 3.02. The predicted molar refractivity (Wildman–Crippen MR) is 69.3 cm³/mol. The van der Waals surface area contributed by atoms with Gasteiger partial charge in [-0.25, -0.2) is 13.6 Å². The maximum atomic E-state index is 11.3. The van der Waals surface area contributed by atoms with E-state index in [-0.39, 0.29) is 4.90 Å². The molecule has 0 aliphatic rings. The van der Waals surface area contributed by atoms with Crippen molar-refractivity contribution in [1.82, 2.24) is 0 Å². The number of hydrogen-bond donors (Lipinski definition) is 1. The van der Waals surface area contributed by atoms with Crippen LogP contribution in [0, 0.1) is 13.8 Å². The number of primary sulfonamides is 1. The zero-order chi connectivity index (χ0) is 13.8. The van der Waals surface area contributed by atoms with Crippen LogP contribution in [0.15, 0.2) is 17.0 Å². The van der Waals surface area contributed by atoms with Gasteiger partial charge >= 0.3 is 0 Å². The third kappa shape index (κ3) is 3.97. The van der Waals surface area contributed by atoms with Crippen molar-refractivity contribution in [2.24, 2.45) is 5.14 Å². The van der Waals surface area contributed by atoms with E-state index in [0.717, 1.165) is 11.1 Å². The Morgan fingerprint density at radius 2 is 1.72 bits per heavy atom. The van der Waals surface area contributed by atoms with Gasteiger partial charge in [-0.3, -0.25) is 0 Å². The Morgan fingerprint density at radius 3 is 2.17 bits per heavy atom. The van der Waals surface area contributed by atoms with E-state index in [4.69, 9.17) is 14.6 Å². The molecule has 5 nitrogen and oxygen atoms in total. The number of nitrogens with two attached hydrogens (primary N) is 1. The van der Waals surface area contributed by atoms with Crippen LogP contribution in [-0.2, 0) is 14.8 Å². The summed E-state index contributed by atoms with van der Waals surface area (Å²) in [6.45, 7) is 7.08. The fraction of sp³-hybridized carbons (Fsp3) is 0.500. The monoisotopic (exact) mass is 273 g/mol. The Labute approximate surface area is 108 Å². The van der Waals surface area contributed by atoms with Crippen LogP contribution in [-0.4, -0.2) is 28.2 Å². The van der Waals surface area contributed by atoms with Crippen molar-refractivity contribution < 1.29 is 17.9 Å². The highest BCUT2D eigenvalue weighted by Gasteiger charge is 2.13. The van der Waals surface area contributed by atoms with E-state index in [1.165, 1.54) is 12.1 Å². The zero-order valence-corrected chi connectivity index (χ0v) is 11.7. The molecule has 102 valence electrons. The van der Waals surface area contributed by atoms with Crippen molar-refractivity contribution in [2.45, 2.75) is 25.7 Å². The van der Waals surface area contributed by atoms with Gasteiger partial charge < -0.3 is 9.47 Å². The minimum atomic E-state index is -3.67. The Kier molecular flexibility index (Phi) is 5.13. The van der Waals surface area contributed by atoms with Crippen LogP contribution >= 0.6 is 0 Å². The lowest BCUT2D eigenvalue weighted by atomic mass is 10.1. The SMILES string of the molecule is CCOCCOc1c(C)cc(S(N)(=O)=O)cc1C. The number of ether oxygens (including phenoxy) is 2. The molecule has 0 radical (unpaired) electrons. The predicted octanol–water partition coefficient (Wildman–Crippen LogP) is 1.37. The number of rotatable bonds is 6.